The summed E-state index contributed by atoms with van der Waals surface area (Å²) in [7, 11) is 0. The summed E-state index contributed by atoms with van der Waals surface area (Å²) in [5.41, 5.74) is 9.78. The Morgan fingerprint density at radius 2 is 1.95 bits per heavy atom. The van der Waals surface area contributed by atoms with Crippen LogP contribution in [0.5, 0.6) is 5.75 Å². The minimum atomic E-state index is -0.507. The molecule has 2 heterocycles. The Labute approximate surface area is 119 Å². The molecule has 3 aromatic rings. The summed E-state index contributed by atoms with van der Waals surface area (Å²) in [5.74, 6) is 0.738. The maximum atomic E-state index is 11.4. The fourth-order valence-electron chi connectivity index (χ4n) is 2.47. The number of H-pyrrole nitrogens is 1. The van der Waals surface area contributed by atoms with Gasteiger partial charge in [0, 0.05) is 0 Å². The second-order valence-electron chi connectivity index (χ2n) is 4.87. The number of nitrogens with two attached hydrogens (primary N) is 1. The number of hydrogen-bond acceptors (Lipinski definition) is 5. The average Bonchev–Trinajstić information content (AvgIpc) is 2.85. The van der Waals surface area contributed by atoms with Crippen LogP contribution in [0.15, 0.2) is 47.4 Å². The topological polar surface area (TPSA) is 93.0 Å². The lowest BCUT2D eigenvalue weighted by atomic mass is 10.0. The smallest absolute Gasteiger partial charge is 0.266 e. The summed E-state index contributed by atoms with van der Waals surface area (Å²) in [5, 5.41) is 3.04. The van der Waals surface area contributed by atoms with Gasteiger partial charge < -0.3 is 15.0 Å². The van der Waals surface area contributed by atoms with E-state index >= 15 is 0 Å². The van der Waals surface area contributed by atoms with Crippen LogP contribution in [-0.4, -0.2) is 16.3 Å². The van der Waals surface area contributed by atoms with Crippen molar-refractivity contribution in [1.82, 2.24) is 9.97 Å². The molecule has 1 aliphatic heterocycles. The van der Waals surface area contributed by atoms with Gasteiger partial charge in [0.1, 0.15) is 5.75 Å². The molecule has 1 atom stereocenters. The fourth-order valence-corrected chi connectivity index (χ4v) is 2.47. The highest BCUT2D eigenvalue weighted by atomic mass is 16.5. The van der Waals surface area contributed by atoms with Crippen molar-refractivity contribution < 1.29 is 4.74 Å². The molecule has 0 radical (unpaired) electrons. The van der Waals surface area contributed by atoms with Crippen LogP contribution in [0.1, 0.15) is 0 Å². The molecule has 1 unspecified atom stereocenters. The first-order valence-electron chi connectivity index (χ1n) is 6.51. The van der Waals surface area contributed by atoms with E-state index in [2.05, 4.69) is 15.3 Å². The molecule has 0 bridgehead atoms. The Morgan fingerprint density at radius 3 is 2.86 bits per heavy atom. The number of aromatic nitrogens is 2. The quantitative estimate of drug-likeness (QED) is 0.630. The first kappa shape index (κ1) is 11.9. The van der Waals surface area contributed by atoms with Crippen LogP contribution in [0.25, 0.3) is 22.2 Å². The summed E-state index contributed by atoms with van der Waals surface area (Å²) in [6.45, 7) is 0. The molecule has 0 amide bonds. The summed E-state index contributed by atoms with van der Waals surface area (Å²) >= 11 is 0. The zero-order chi connectivity index (χ0) is 14.4. The number of benzene rings is 2. The molecule has 6 nitrogen and oxygen atoms in total. The molecular weight excluding hydrogens is 268 g/mol. The maximum absolute atomic E-state index is 11.4. The molecule has 4 N–H and O–H groups in total. The first-order valence-corrected chi connectivity index (χ1v) is 6.51. The van der Waals surface area contributed by atoms with Crippen molar-refractivity contribution in [2.24, 2.45) is 5.73 Å². The normalized spacial score (nSPS) is 16.3. The third kappa shape index (κ3) is 2.02. The molecule has 0 spiro atoms. The second kappa shape index (κ2) is 4.32. The van der Waals surface area contributed by atoms with Crippen LogP contribution in [0.4, 0.5) is 5.69 Å². The summed E-state index contributed by atoms with van der Waals surface area (Å²) in [4.78, 5) is 18.2. The average molecular weight is 280 g/mol. The van der Waals surface area contributed by atoms with E-state index in [9.17, 15) is 4.79 Å². The van der Waals surface area contributed by atoms with E-state index in [1.165, 1.54) is 6.20 Å². The lowest BCUT2D eigenvalue weighted by Gasteiger charge is -2.05. The Balaban J connectivity index is 1.83. The number of anilines is 1. The molecule has 0 saturated carbocycles. The van der Waals surface area contributed by atoms with E-state index in [0.717, 1.165) is 28.1 Å². The minimum absolute atomic E-state index is 0.213. The van der Waals surface area contributed by atoms with Crippen LogP contribution in [0, 0.1) is 0 Å². The van der Waals surface area contributed by atoms with Crippen LogP contribution in [-0.2, 0) is 0 Å². The van der Waals surface area contributed by atoms with Gasteiger partial charge in [-0.3, -0.25) is 10.5 Å². The SMILES string of the molecule is NC1Nc2cc(-c3ccc4ncc(=O)[nH]c4c3)ccc2O1. The second-order valence-corrected chi connectivity index (χ2v) is 4.87. The van der Waals surface area contributed by atoms with Gasteiger partial charge in [0.15, 0.2) is 0 Å². The standard InChI is InChI=1S/C15H12N4O2/c16-15-19-12-6-9(2-4-13(12)21-15)8-1-3-10-11(5-8)18-14(20)7-17-10/h1-7,15,19H,16H2,(H,18,20). The predicted octanol–water partition coefficient (Wildman–Crippen LogP) is 1.64. The molecule has 104 valence electrons. The van der Waals surface area contributed by atoms with Crippen LogP contribution < -0.4 is 21.3 Å². The summed E-state index contributed by atoms with van der Waals surface area (Å²) in [6.07, 6.45) is 0.771. The zero-order valence-corrected chi connectivity index (χ0v) is 11.0. The third-order valence-corrected chi connectivity index (χ3v) is 3.44. The fraction of sp³-hybridized carbons (Fsp3) is 0.0667. The Hall–Kier alpha value is -2.86. The molecule has 0 fully saturated rings. The van der Waals surface area contributed by atoms with E-state index in [1.54, 1.807) is 0 Å². The maximum Gasteiger partial charge on any atom is 0.266 e. The van der Waals surface area contributed by atoms with Gasteiger partial charge in [-0.1, -0.05) is 12.1 Å². The largest absolute Gasteiger partial charge is 0.456 e. The highest BCUT2D eigenvalue weighted by molar-refractivity contribution is 5.82. The molecule has 21 heavy (non-hydrogen) atoms. The van der Waals surface area contributed by atoms with E-state index in [-0.39, 0.29) is 5.56 Å². The summed E-state index contributed by atoms with van der Waals surface area (Å²) in [6, 6.07) is 11.5. The predicted molar refractivity (Wildman–Crippen MR) is 80.0 cm³/mol. The van der Waals surface area contributed by atoms with Crippen molar-refractivity contribution in [3.63, 3.8) is 0 Å². The highest BCUT2D eigenvalue weighted by Crippen LogP contribution is 2.35. The molecule has 2 aromatic carbocycles. The number of nitrogens with one attached hydrogen (secondary N) is 2. The summed E-state index contributed by atoms with van der Waals surface area (Å²) < 4.78 is 5.39. The van der Waals surface area contributed by atoms with E-state index in [4.69, 9.17) is 10.5 Å². The van der Waals surface area contributed by atoms with Crippen molar-refractivity contribution >= 4 is 16.7 Å². The van der Waals surface area contributed by atoms with Crippen LogP contribution in [0.3, 0.4) is 0 Å². The first-order chi connectivity index (χ1) is 10.2. The molecule has 0 aliphatic carbocycles. The highest BCUT2D eigenvalue weighted by Gasteiger charge is 2.18. The Morgan fingerprint density at radius 1 is 1.14 bits per heavy atom. The molecule has 6 heteroatoms. The van der Waals surface area contributed by atoms with Gasteiger partial charge in [-0.25, -0.2) is 4.98 Å². The number of rotatable bonds is 1. The molecule has 1 aliphatic rings. The monoisotopic (exact) mass is 280 g/mol. The van der Waals surface area contributed by atoms with Crippen LogP contribution in [0.2, 0.25) is 0 Å². The van der Waals surface area contributed by atoms with Crippen molar-refractivity contribution in [3.8, 4) is 16.9 Å². The lowest BCUT2D eigenvalue weighted by molar-refractivity contribution is 0.262. The van der Waals surface area contributed by atoms with Gasteiger partial charge in [0.05, 0.1) is 22.9 Å². The van der Waals surface area contributed by atoms with Gasteiger partial charge in [-0.2, -0.15) is 0 Å². The number of aromatic amines is 1. The third-order valence-electron chi connectivity index (χ3n) is 3.44. The van der Waals surface area contributed by atoms with Gasteiger partial charge in [0.2, 0.25) is 6.35 Å². The zero-order valence-electron chi connectivity index (χ0n) is 11.0. The number of fused-ring (bicyclic) bond motifs is 2. The minimum Gasteiger partial charge on any atom is -0.456 e. The number of hydrogen-bond donors (Lipinski definition) is 3. The molecular formula is C15H12N4O2. The van der Waals surface area contributed by atoms with E-state index < -0.39 is 6.35 Å². The number of ether oxygens (including phenoxy) is 1. The van der Waals surface area contributed by atoms with Crippen LogP contribution >= 0.6 is 0 Å². The van der Waals surface area contributed by atoms with Crippen molar-refractivity contribution in [3.05, 3.63) is 52.9 Å². The van der Waals surface area contributed by atoms with Gasteiger partial charge in [0.25, 0.3) is 5.56 Å². The molecule has 0 saturated heterocycles. The molecule has 4 rings (SSSR count). The van der Waals surface area contributed by atoms with Gasteiger partial charge >= 0.3 is 0 Å². The Kier molecular flexibility index (Phi) is 2.45. The van der Waals surface area contributed by atoms with Crippen molar-refractivity contribution in [2.75, 3.05) is 5.32 Å². The van der Waals surface area contributed by atoms with Crippen molar-refractivity contribution in [2.45, 2.75) is 6.35 Å². The van der Waals surface area contributed by atoms with Gasteiger partial charge in [-0.05, 0) is 35.4 Å². The Bertz CT molecular complexity index is 904. The van der Waals surface area contributed by atoms with E-state index in [1.807, 2.05) is 36.4 Å². The van der Waals surface area contributed by atoms with Crippen molar-refractivity contribution in [1.29, 1.82) is 0 Å². The number of nitrogens with zero attached hydrogens (tertiary/aromatic N) is 1. The lowest BCUT2D eigenvalue weighted by Crippen LogP contribution is -2.30. The van der Waals surface area contributed by atoms with Gasteiger partial charge in [-0.15, -0.1) is 0 Å². The molecule has 1 aromatic heterocycles. The van der Waals surface area contributed by atoms with E-state index in [0.29, 0.717) is 5.52 Å².